The van der Waals surface area contributed by atoms with E-state index < -0.39 is 0 Å². The highest BCUT2D eigenvalue weighted by Gasteiger charge is 2.31. The predicted octanol–water partition coefficient (Wildman–Crippen LogP) is 2.88. The highest BCUT2D eigenvalue weighted by atomic mass is 16.3. The molecule has 1 aliphatic rings. The van der Waals surface area contributed by atoms with E-state index in [0.29, 0.717) is 23.1 Å². The first-order valence-corrected chi connectivity index (χ1v) is 6.95. The fourth-order valence-corrected chi connectivity index (χ4v) is 2.46. The molecule has 1 unspecified atom stereocenters. The second kappa shape index (κ2) is 5.09. The number of nitriles is 1. The molecule has 0 aromatic carbocycles. The monoisotopic (exact) mass is 284 g/mol. The fraction of sp³-hybridized carbons (Fsp3) is 0.400. The van der Waals surface area contributed by atoms with E-state index in [9.17, 15) is 4.79 Å². The molecule has 2 heterocycles. The Morgan fingerprint density at radius 3 is 3.00 bits per heavy atom. The number of nitrogens with zero attached hydrogens (tertiary/aromatic N) is 3. The van der Waals surface area contributed by atoms with Crippen LogP contribution in [0.25, 0.3) is 0 Å². The third-order valence-electron chi connectivity index (χ3n) is 3.87. The van der Waals surface area contributed by atoms with E-state index >= 15 is 0 Å². The molecule has 1 aliphatic carbocycles. The Bertz CT molecular complexity index is 718. The van der Waals surface area contributed by atoms with Crippen LogP contribution in [0.2, 0.25) is 0 Å². The molecule has 6 nitrogen and oxygen atoms in total. The van der Waals surface area contributed by atoms with Gasteiger partial charge in [0.1, 0.15) is 17.6 Å². The summed E-state index contributed by atoms with van der Waals surface area (Å²) in [7, 11) is 0. The molecule has 3 rings (SSSR count). The van der Waals surface area contributed by atoms with E-state index in [1.54, 1.807) is 19.2 Å². The molecular weight excluding hydrogens is 268 g/mol. The summed E-state index contributed by atoms with van der Waals surface area (Å²) in [5.74, 6) is 1.59. The van der Waals surface area contributed by atoms with E-state index in [4.69, 9.17) is 9.68 Å². The Hall–Kier alpha value is -2.55. The maximum atomic E-state index is 12.3. The Labute approximate surface area is 122 Å². The van der Waals surface area contributed by atoms with Crippen molar-refractivity contribution < 1.29 is 9.21 Å². The topological polar surface area (TPSA) is 83.8 Å². The van der Waals surface area contributed by atoms with Crippen LogP contribution in [0.4, 0.5) is 5.82 Å². The summed E-state index contributed by atoms with van der Waals surface area (Å²) in [6.07, 6.45) is 4.10. The Kier molecular flexibility index (Phi) is 3.26. The van der Waals surface area contributed by atoms with E-state index in [-0.39, 0.29) is 17.7 Å². The first kappa shape index (κ1) is 13.4. The van der Waals surface area contributed by atoms with Crippen molar-refractivity contribution in [2.24, 2.45) is 5.92 Å². The summed E-state index contributed by atoms with van der Waals surface area (Å²) < 4.78 is 7.03. The molecule has 21 heavy (non-hydrogen) atoms. The average Bonchev–Trinajstić information content (AvgIpc) is 3.10. The maximum absolute atomic E-state index is 12.3. The van der Waals surface area contributed by atoms with Crippen LogP contribution in [0.3, 0.4) is 0 Å². The molecule has 0 saturated heterocycles. The summed E-state index contributed by atoms with van der Waals surface area (Å²) in [6, 6.07) is 5.39. The average molecular weight is 284 g/mol. The Balaban J connectivity index is 1.80. The molecule has 1 N–H and O–H groups in total. The lowest BCUT2D eigenvalue weighted by molar-refractivity contribution is 0.102. The van der Waals surface area contributed by atoms with Crippen molar-refractivity contribution in [3.8, 4) is 6.07 Å². The number of furan rings is 1. The summed E-state index contributed by atoms with van der Waals surface area (Å²) in [5.41, 5.74) is 0.373. The van der Waals surface area contributed by atoms with E-state index in [1.165, 1.54) is 18.9 Å². The Morgan fingerprint density at radius 1 is 1.62 bits per heavy atom. The minimum atomic E-state index is -0.289. The zero-order valence-corrected chi connectivity index (χ0v) is 12.0. The van der Waals surface area contributed by atoms with Crippen LogP contribution < -0.4 is 5.32 Å². The minimum Gasteiger partial charge on any atom is -0.450 e. The first-order valence-electron chi connectivity index (χ1n) is 6.95. The van der Waals surface area contributed by atoms with Gasteiger partial charge in [-0.05, 0) is 32.6 Å². The van der Waals surface area contributed by atoms with Gasteiger partial charge >= 0.3 is 0 Å². The molecule has 1 atom stereocenters. The van der Waals surface area contributed by atoms with Gasteiger partial charge < -0.3 is 9.73 Å². The third-order valence-corrected chi connectivity index (χ3v) is 3.87. The van der Waals surface area contributed by atoms with Crippen molar-refractivity contribution in [1.29, 1.82) is 5.26 Å². The lowest BCUT2D eigenvalue weighted by Crippen LogP contribution is -2.18. The smallest absolute Gasteiger partial charge is 0.260 e. The molecule has 2 aromatic heterocycles. The number of nitrogens with one attached hydrogen (secondary N) is 1. The molecule has 1 saturated carbocycles. The van der Waals surface area contributed by atoms with Crippen molar-refractivity contribution >= 4 is 11.7 Å². The molecule has 0 bridgehead atoms. The van der Waals surface area contributed by atoms with Gasteiger partial charge in [0.25, 0.3) is 5.91 Å². The number of hydrogen-bond acceptors (Lipinski definition) is 4. The SMILES string of the molecule is Cc1oc(C#N)cc1C(=O)Nc1ccnn1C(C)C1CC1. The van der Waals surface area contributed by atoms with Gasteiger partial charge in [0.15, 0.2) is 0 Å². The number of aryl methyl sites for hydroxylation is 1. The second-order valence-electron chi connectivity index (χ2n) is 5.39. The number of anilines is 1. The largest absolute Gasteiger partial charge is 0.450 e. The van der Waals surface area contributed by atoms with Crippen molar-refractivity contribution in [2.75, 3.05) is 5.32 Å². The lowest BCUT2D eigenvalue weighted by Gasteiger charge is -2.15. The van der Waals surface area contributed by atoms with Crippen LogP contribution in [0.5, 0.6) is 0 Å². The van der Waals surface area contributed by atoms with Gasteiger partial charge in [0, 0.05) is 12.1 Å². The fourth-order valence-electron chi connectivity index (χ4n) is 2.46. The van der Waals surface area contributed by atoms with Crippen molar-refractivity contribution in [1.82, 2.24) is 9.78 Å². The van der Waals surface area contributed by atoms with Crippen molar-refractivity contribution in [3.05, 3.63) is 35.4 Å². The Morgan fingerprint density at radius 2 is 2.38 bits per heavy atom. The maximum Gasteiger partial charge on any atom is 0.260 e. The standard InChI is InChI=1S/C15H16N4O2/c1-9(11-3-4-11)19-14(5-6-17-19)18-15(20)13-7-12(8-16)21-10(13)2/h5-7,9,11H,3-4H2,1-2H3,(H,18,20). The van der Waals surface area contributed by atoms with Crippen LogP contribution >= 0.6 is 0 Å². The van der Waals surface area contributed by atoms with Gasteiger partial charge in [-0.1, -0.05) is 0 Å². The first-order chi connectivity index (χ1) is 10.1. The molecular formula is C15H16N4O2. The summed E-state index contributed by atoms with van der Waals surface area (Å²) >= 11 is 0. The van der Waals surface area contributed by atoms with Crippen LogP contribution in [-0.2, 0) is 0 Å². The third kappa shape index (κ3) is 2.55. The van der Waals surface area contributed by atoms with E-state index in [2.05, 4.69) is 17.3 Å². The normalized spacial score (nSPS) is 15.5. The molecule has 108 valence electrons. The van der Waals surface area contributed by atoms with Crippen molar-refractivity contribution in [3.63, 3.8) is 0 Å². The summed E-state index contributed by atoms with van der Waals surface area (Å²) in [5, 5.41) is 15.9. The quantitative estimate of drug-likeness (QED) is 0.935. The number of hydrogen-bond donors (Lipinski definition) is 1. The molecule has 0 radical (unpaired) electrons. The van der Waals surface area contributed by atoms with Crippen molar-refractivity contribution in [2.45, 2.75) is 32.7 Å². The summed E-state index contributed by atoms with van der Waals surface area (Å²) in [4.78, 5) is 12.3. The predicted molar refractivity (Wildman–Crippen MR) is 75.8 cm³/mol. The number of amides is 1. The minimum absolute atomic E-state index is 0.137. The number of aromatic nitrogens is 2. The van der Waals surface area contributed by atoms with E-state index in [0.717, 1.165) is 0 Å². The van der Waals surface area contributed by atoms with Crippen LogP contribution in [0.1, 0.15) is 47.7 Å². The molecule has 2 aromatic rings. The van der Waals surface area contributed by atoms with Gasteiger partial charge in [-0.3, -0.25) is 4.79 Å². The van der Waals surface area contributed by atoms with Gasteiger partial charge in [0.2, 0.25) is 5.76 Å². The zero-order valence-electron chi connectivity index (χ0n) is 12.0. The molecule has 0 aliphatic heterocycles. The molecule has 1 fully saturated rings. The zero-order chi connectivity index (χ0) is 15.0. The second-order valence-corrected chi connectivity index (χ2v) is 5.39. The highest BCUT2D eigenvalue weighted by Crippen LogP contribution is 2.40. The van der Waals surface area contributed by atoms with Gasteiger partial charge in [-0.2, -0.15) is 10.4 Å². The summed E-state index contributed by atoms with van der Waals surface area (Å²) in [6.45, 7) is 3.77. The number of rotatable bonds is 4. The molecule has 6 heteroatoms. The molecule has 0 spiro atoms. The van der Waals surface area contributed by atoms with Gasteiger partial charge in [-0.15, -0.1) is 0 Å². The van der Waals surface area contributed by atoms with Gasteiger partial charge in [0.05, 0.1) is 17.8 Å². The number of carbonyl (C=O) groups is 1. The highest BCUT2D eigenvalue weighted by molar-refractivity contribution is 6.04. The van der Waals surface area contributed by atoms with Crippen LogP contribution in [0, 0.1) is 24.2 Å². The lowest BCUT2D eigenvalue weighted by atomic mass is 10.2. The number of carbonyl (C=O) groups excluding carboxylic acids is 1. The molecule has 1 amide bonds. The van der Waals surface area contributed by atoms with Crippen LogP contribution in [-0.4, -0.2) is 15.7 Å². The van der Waals surface area contributed by atoms with E-state index in [1.807, 2.05) is 10.8 Å². The van der Waals surface area contributed by atoms with Crippen LogP contribution in [0.15, 0.2) is 22.7 Å². The van der Waals surface area contributed by atoms with Gasteiger partial charge in [-0.25, -0.2) is 4.68 Å².